The molecule has 2 atom stereocenters. The van der Waals surface area contributed by atoms with E-state index in [4.69, 9.17) is 0 Å². The third-order valence-electron chi connectivity index (χ3n) is 6.19. The maximum Gasteiger partial charge on any atom is 0.237 e. The van der Waals surface area contributed by atoms with E-state index in [-0.39, 0.29) is 36.1 Å². The summed E-state index contributed by atoms with van der Waals surface area (Å²) in [4.78, 5) is 29.6. The second kappa shape index (κ2) is 11.0. The molecule has 184 valence electrons. The molecule has 0 aliphatic carbocycles. The number of hydrogen-bond donors (Lipinski definition) is 1. The van der Waals surface area contributed by atoms with Crippen molar-refractivity contribution in [3.8, 4) is 0 Å². The smallest absolute Gasteiger partial charge is 0.237 e. The Hall–Kier alpha value is -3.17. The molecule has 1 aliphatic heterocycles. The highest BCUT2D eigenvalue weighted by Crippen LogP contribution is 2.33. The molecule has 4 rings (SSSR count). The van der Waals surface area contributed by atoms with E-state index in [2.05, 4.69) is 44.0 Å². The van der Waals surface area contributed by atoms with Crippen LogP contribution in [0.3, 0.4) is 0 Å². The summed E-state index contributed by atoms with van der Waals surface area (Å²) in [7, 11) is 4.08. The number of nitrogens with one attached hydrogen (secondary N) is 1. The van der Waals surface area contributed by atoms with Gasteiger partial charge < -0.3 is 14.8 Å². The average molecular weight is 493 g/mol. The zero-order valence-corrected chi connectivity index (χ0v) is 21.5. The van der Waals surface area contributed by atoms with E-state index in [1.54, 1.807) is 4.90 Å². The van der Waals surface area contributed by atoms with Gasteiger partial charge in [-0.25, -0.2) is 0 Å². The Balaban J connectivity index is 1.60. The summed E-state index contributed by atoms with van der Waals surface area (Å²) in [5.74, 6) is 0.925. The minimum atomic E-state index is -0.247. The number of carbonyl (C=O) groups is 2. The first kappa shape index (κ1) is 24.9. The maximum absolute atomic E-state index is 13.5. The first-order chi connectivity index (χ1) is 16.9. The molecule has 2 amide bonds. The van der Waals surface area contributed by atoms with E-state index in [1.807, 2.05) is 63.5 Å². The zero-order chi connectivity index (χ0) is 24.9. The van der Waals surface area contributed by atoms with Crippen LogP contribution in [0.5, 0.6) is 0 Å². The molecule has 2 heterocycles. The molecule has 1 aliphatic rings. The summed E-state index contributed by atoms with van der Waals surface area (Å²) >= 11 is 1.39. The summed E-state index contributed by atoms with van der Waals surface area (Å²) in [6.07, 6.45) is 1.15. The SMILES string of the molecule is CC[C@@H](c1nnc(SCC(=O)N2c3ccccc3NC(=O)C[C@H]2C)n1Cc1ccccc1)N(C)C. The van der Waals surface area contributed by atoms with E-state index < -0.39 is 0 Å². The molecular formula is C26H32N6O2S. The van der Waals surface area contributed by atoms with Crippen molar-refractivity contribution >= 4 is 35.0 Å². The Morgan fingerprint density at radius 2 is 1.86 bits per heavy atom. The number of aromatic nitrogens is 3. The lowest BCUT2D eigenvalue weighted by molar-refractivity contribution is -0.117. The predicted molar refractivity (Wildman–Crippen MR) is 140 cm³/mol. The normalized spacial score (nSPS) is 16.5. The van der Waals surface area contributed by atoms with Crippen molar-refractivity contribution < 1.29 is 9.59 Å². The molecule has 1 N–H and O–H groups in total. The highest BCUT2D eigenvalue weighted by Gasteiger charge is 2.30. The number of anilines is 2. The minimum Gasteiger partial charge on any atom is -0.324 e. The van der Waals surface area contributed by atoms with Crippen LogP contribution in [-0.4, -0.2) is 57.4 Å². The topological polar surface area (TPSA) is 83.4 Å². The van der Waals surface area contributed by atoms with Crippen LogP contribution < -0.4 is 10.2 Å². The van der Waals surface area contributed by atoms with Crippen molar-refractivity contribution in [2.24, 2.45) is 0 Å². The van der Waals surface area contributed by atoms with Gasteiger partial charge in [-0.05, 0) is 45.1 Å². The van der Waals surface area contributed by atoms with Crippen LogP contribution in [0, 0.1) is 0 Å². The lowest BCUT2D eigenvalue weighted by atomic mass is 10.2. The van der Waals surface area contributed by atoms with Gasteiger partial charge in [-0.2, -0.15) is 0 Å². The van der Waals surface area contributed by atoms with Crippen molar-refractivity contribution in [3.63, 3.8) is 0 Å². The molecule has 3 aromatic rings. The molecule has 9 heteroatoms. The van der Waals surface area contributed by atoms with Gasteiger partial charge in [-0.1, -0.05) is 61.2 Å². The Kier molecular flexibility index (Phi) is 7.87. The Bertz CT molecular complexity index is 1180. The number of hydrogen-bond acceptors (Lipinski definition) is 6. The van der Waals surface area contributed by atoms with Crippen LogP contribution in [-0.2, 0) is 16.1 Å². The quantitative estimate of drug-likeness (QED) is 0.475. The first-order valence-electron chi connectivity index (χ1n) is 11.9. The second-order valence-corrected chi connectivity index (χ2v) is 9.91. The fourth-order valence-electron chi connectivity index (χ4n) is 4.51. The summed E-state index contributed by atoms with van der Waals surface area (Å²) in [6.45, 7) is 4.67. The lowest BCUT2D eigenvalue weighted by Gasteiger charge is -2.27. The van der Waals surface area contributed by atoms with E-state index >= 15 is 0 Å². The molecule has 0 radical (unpaired) electrons. The third kappa shape index (κ3) is 5.57. The number of benzene rings is 2. The predicted octanol–water partition coefficient (Wildman–Crippen LogP) is 4.20. The largest absolute Gasteiger partial charge is 0.324 e. The number of nitrogens with zero attached hydrogens (tertiary/aromatic N) is 5. The molecule has 0 unspecified atom stereocenters. The molecule has 1 aromatic heterocycles. The van der Waals surface area contributed by atoms with Gasteiger partial charge in [-0.15, -0.1) is 10.2 Å². The van der Waals surface area contributed by atoms with Crippen LogP contribution in [0.4, 0.5) is 11.4 Å². The van der Waals surface area contributed by atoms with Crippen molar-refractivity contribution in [3.05, 3.63) is 66.0 Å². The Morgan fingerprint density at radius 1 is 1.14 bits per heavy atom. The van der Waals surface area contributed by atoms with Gasteiger partial charge in [-0.3, -0.25) is 14.5 Å². The Labute approximate surface area is 210 Å². The first-order valence-corrected chi connectivity index (χ1v) is 12.8. The zero-order valence-electron chi connectivity index (χ0n) is 20.6. The second-order valence-electron chi connectivity index (χ2n) is 8.97. The minimum absolute atomic E-state index is 0.0677. The van der Waals surface area contributed by atoms with Gasteiger partial charge in [0, 0.05) is 12.5 Å². The van der Waals surface area contributed by atoms with E-state index in [1.165, 1.54) is 11.8 Å². The number of carbonyl (C=O) groups excluding carboxylic acids is 2. The fraction of sp³-hybridized carbons (Fsp3) is 0.385. The van der Waals surface area contributed by atoms with Gasteiger partial charge in [0.25, 0.3) is 0 Å². The molecule has 2 aromatic carbocycles. The van der Waals surface area contributed by atoms with Crippen molar-refractivity contribution in [2.45, 2.75) is 50.5 Å². The highest BCUT2D eigenvalue weighted by atomic mass is 32.2. The fourth-order valence-corrected chi connectivity index (χ4v) is 5.31. The van der Waals surface area contributed by atoms with Crippen molar-refractivity contribution in [1.82, 2.24) is 19.7 Å². The maximum atomic E-state index is 13.5. The molecule has 0 saturated heterocycles. The van der Waals surface area contributed by atoms with Crippen LogP contribution in [0.1, 0.15) is 44.1 Å². The van der Waals surface area contributed by atoms with Gasteiger partial charge in [0.2, 0.25) is 11.8 Å². The van der Waals surface area contributed by atoms with Crippen molar-refractivity contribution in [2.75, 3.05) is 30.1 Å². The monoisotopic (exact) mass is 492 g/mol. The highest BCUT2D eigenvalue weighted by molar-refractivity contribution is 7.99. The number of fused-ring (bicyclic) bond motifs is 1. The number of para-hydroxylation sites is 2. The number of rotatable bonds is 8. The number of thioether (sulfide) groups is 1. The van der Waals surface area contributed by atoms with Gasteiger partial charge >= 0.3 is 0 Å². The average Bonchev–Trinajstić information content (AvgIpc) is 3.15. The molecule has 0 bridgehead atoms. The van der Waals surface area contributed by atoms with Gasteiger partial charge in [0.1, 0.15) is 0 Å². The van der Waals surface area contributed by atoms with E-state index in [9.17, 15) is 9.59 Å². The summed E-state index contributed by atoms with van der Waals surface area (Å²) in [5.41, 5.74) is 2.53. The van der Waals surface area contributed by atoms with E-state index in [0.29, 0.717) is 17.4 Å². The molecule has 8 nitrogen and oxygen atoms in total. The summed E-state index contributed by atoms with van der Waals surface area (Å²) in [6, 6.07) is 17.5. The summed E-state index contributed by atoms with van der Waals surface area (Å²) < 4.78 is 2.12. The standard InChI is InChI=1S/C26H32N6O2S/c1-5-21(30(3)4)25-28-29-26(31(25)16-19-11-7-6-8-12-19)35-17-24(34)32-18(2)15-23(33)27-20-13-9-10-14-22(20)32/h6-14,18,21H,5,15-17H2,1-4H3,(H,27,33)/t18-,21+/m1/s1. The van der Waals surface area contributed by atoms with Crippen LogP contribution in [0.2, 0.25) is 0 Å². The molecule has 0 saturated carbocycles. The molecule has 35 heavy (non-hydrogen) atoms. The lowest BCUT2D eigenvalue weighted by Crippen LogP contribution is -2.40. The van der Waals surface area contributed by atoms with Crippen LogP contribution in [0.25, 0.3) is 0 Å². The molecule has 0 spiro atoms. The third-order valence-corrected chi connectivity index (χ3v) is 7.14. The van der Waals surface area contributed by atoms with Crippen LogP contribution >= 0.6 is 11.8 Å². The summed E-state index contributed by atoms with van der Waals surface area (Å²) in [5, 5.41) is 12.6. The Morgan fingerprint density at radius 3 is 2.57 bits per heavy atom. The van der Waals surface area contributed by atoms with Gasteiger partial charge in [0.15, 0.2) is 11.0 Å². The molecular weight excluding hydrogens is 460 g/mol. The molecule has 0 fully saturated rings. The van der Waals surface area contributed by atoms with Crippen molar-refractivity contribution in [1.29, 1.82) is 0 Å². The van der Waals surface area contributed by atoms with E-state index in [0.717, 1.165) is 23.5 Å². The van der Waals surface area contributed by atoms with Crippen LogP contribution in [0.15, 0.2) is 59.8 Å². The number of amides is 2. The van der Waals surface area contributed by atoms with Gasteiger partial charge in [0.05, 0.1) is 29.7 Å².